The molecule has 0 aliphatic heterocycles. The number of methoxy groups -OCH3 is 1. The molecular weight excluding hydrogens is 618 g/mol. The largest absolute Gasteiger partial charge is 0.466 e. The minimum absolute atomic E-state index is 0.00124. The molecule has 0 aromatic rings. The van der Waals surface area contributed by atoms with Gasteiger partial charge in [-0.05, 0) is 76.3 Å². The van der Waals surface area contributed by atoms with E-state index in [1.807, 2.05) is 7.11 Å². The summed E-state index contributed by atoms with van der Waals surface area (Å²) in [6.07, 6.45) is 40.9. The monoisotopic (exact) mass is 710 g/mol. The van der Waals surface area contributed by atoms with Gasteiger partial charge in [-0.25, -0.2) is 0 Å². The van der Waals surface area contributed by atoms with Gasteiger partial charge in [0.2, 0.25) is 0 Å². The fourth-order valence-electron chi connectivity index (χ4n) is 6.93. The molecule has 0 spiro atoms. The van der Waals surface area contributed by atoms with Gasteiger partial charge >= 0.3 is 5.97 Å². The standard InChI is InChI=1S/C30H59NO3.C15H32O/c1-3-5-14-21-29(22-15-6-4-2)23-20-28-34-30(33)24-16-10-9-12-18-26-31-25-17-11-7-8-13-19-27-32;1-4-6-8-11-15(12-9-7-5-2)13-10-14-16-3/h27,29,31H,3-26,28H2,1-2H3;15H,4-14H2,1-3H3. The van der Waals surface area contributed by atoms with E-state index in [-0.39, 0.29) is 5.97 Å². The van der Waals surface area contributed by atoms with Crippen LogP contribution in [-0.2, 0) is 19.1 Å². The van der Waals surface area contributed by atoms with E-state index in [2.05, 4.69) is 33.0 Å². The SMILES string of the molecule is CCCCCC(CCCCC)CCCOC.CCCCCC(CCCCC)CCCOC(=O)CCCCCCCNCCCCCCCC=O. The number of hydrogen-bond acceptors (Lipinski definition) is 5. The van der Waals surface area contributed by atoms with E-state index >= 15 is 0 Å². The molecule has 300 valence electrons. The molecule has 0 atom stereocenters. The molecule has 0 unspecified atom stereocenters. The van der Waals surface area contributed by atoms with E-state index in [4.69, 9.17) is 9.47 Å². The van der Waals surface area contributed by atoms with E-state index in [0.717, 1.165) is 69.9 Å². The Morgan fingerprint density at radius 3 is 1.34 bits per heavy atom. The van der Waals surface area contributed by atoms with Crippen molar-refractivity contribution in [1.82, 2.24) is 5.32 Å². The zero-order valence-corrected chi connectivity index (χ0v) is 34.8. The Morgan fingerprint density at radius 2 is 0.900 bits per heavy atom. The number of carbonyl (C=O) groups excluding carboxylic acids is 2. The first-order valence-electron chi connectivity index (χ1n) is 22.4. The van der Waals surface area contributed by atoms with Crippen molar-refractivity contribution >= 4 is 12.3 Å². The van der Waals surface area contributed by atoms with Gasteiger partial charge in [0.1, 0.15) is 6.29 Å². The van der Waals surface area contributed by atoms with Crippen molar-refractivity contribution in [3.63, 3.8) is 0 Å². The smallest absolute Gasteiger partial charge is 0.305 e. The van der Waals surface area contributed by atoms with Crippen molar-refractivity contribution in [2.45, 2.75) is 233 Å². The summed E-state index contributed by atoms with van der Waals surface area (Å²) >= 11 is 0. The third-order valence-electron chi connectivity index (χ3n) is 10.3. The molecule has 5 nitrogen and oxygen atoms in total. The Hall–Kier alpha value is -0.940. The number of ether oxygens (including phenoxy) is 2. The molecule has 50 heavy (non-hydrogen) atoms. The Morgan fingerprint density at radius 1 is 0.500 bits per heavy atom. The Balaban J connectivity index is 0. The van der Waals surface area contributed by atoms with E-state index in [1.54, 1.807) is 0 Å². The molecule has 5 heteroatoms. The van der Waals surface area contributed by atoms with Crippen molar-refractivity contribution < 1.29 is 19.1 Å². The lowest BCUT2D eigenvalue weighted by Gasteiger charge is -2.16. The van der Waals surface area contributed by atoms with Crippen molar-refractivity contribution in [3.8, 4) is 0 Å². The second kappa shape index (κ2) is 46.1. The van der Waals surface area contributed by atoms with Gasteiger partial charge in [-0.3, -0.25) is 4.79 Å². The number of aldehydes is 1. The molecular formula is C45H91NO4. The van der Waals surface area contributed by atoms with Crippen molar-refractivity contribution in [1.29, 1.82) is 0 Å². The molecule has 0 aliphatic rings. The molecule has 0 fully saturated rings. The third kappa shape index (κ3) is 43.2. The zero-order valence-electron chi connectivity index (χ0n) is 34.8. The molecule has 0 saturated heterocycles. The van der Waals surface area contributed by atoms with E-state index < -0.39 is 0 Å². The summed E-state index contributed by atoms with van der Waals surface area (Å²) in [5, 5.41) is 3.53. The normalized spacial score (nSPS) is 11.3. The number of unbranched alkanes of at least 4 members (excludes halogenated alkanes) is 17. The van der Waals surface area contributed by atoms with E-state index in [9.17, 15) is 9.59 Å². The number of nitrogens with one attached hydrogen (secondary N) is 1. The summed E-state index contributed by atoms with van der Waals surface area (Å²) in [7, 11) is 1.81. The minimum Gasteiger partial charge on any atom is -0.466 e. The molecule has 0 rings (SSSR count). The maximum absolute atomic E-state index is 12.0. The van der Waals surface area contributed by atoms with Crippen molar-refractivity contribution in [2.24, 2.45) is 11.8 Å². The summed E-state index contributed by atoms with van der Waals surface area (Å²) in [4.78, 5) is 22.2. The van der Waals surface area contributed by atoms with Crippen molar-refractivity contribution in [2.75, 3.05) is 33.4 Å². The second-order valence-corrected chi connectivity index (χ2v) is 15.2. The van der Waals surface area contributed by atoms with Crippen LogP contribution in [0.1, 0.15) is 233 Å². The highest BCUT2D eigenvalue weighted by molar-refractivity contribution is 5.69. The molecule has 0 aromatic carbocycles. The first-order valence-corrected chi connectivity index (χ1v) is 22.4. The van der Waals surface area contributed by atoms with E-state index in [0.29, 0.717) is 13.0 Å². The number of hydrogen-bond donors (Lipinski definition) is 1. The molecule has 0 heterocycles. The van der Waals surface area contributed by atoms with E-state index in [1.165, 1.54) is 167 Å². The topological polar surface area (TPSA) is 64.6 Å². The summed E-state index contributed by atoms with van der Waals surface area (Å²) in [6, 6.07) is 0. The second-order valence-electron chi connectivity index (χ2n) is 15.2. The molecule has 1 N–H and O–H groups in total. The molecule has 0 aliphatic carbocycles. The van der Waals surface area contributed by atoms with Gasteiger partial charge in [-0.2, -0.15) is 0 Å². The molecule has 0 bridgehead atoms. The van der Waals surface area contributed by atoms with Crippen LogP contribution in [0.25, 0.3) is 0 Å². The van der Waals surface area contributed by atoms with Gasteiger partial charge in [0, 0.05) is 26.6 Å². The van der Waals surface area contributed by atoms with Crippen LogP contribution in [0.2, 0.25) is 0 Å². The first-order chi connectivity index (χ1) is 24.6. The number of esters is 1. The third-order valence-corrected chi connectivity index (χ3v) is 10.3. The predicted molar refractivity (Wildman–Crippen MR) is 219 cm³/mol. The fourth-order valence-corrected chi connectivity index (χ4v) is 6.93. The molecule has 0 amide bonds. The van der Waals surface area contributed by atoms with Crippen LogP contribution in [0.4, 0.5) is 0 Å². The van der Waals surface area contributed by atoms with Gasteiger partial charge < -0.3 is 19.6 Å². The van der Waals surface area contributed by atoms with Crippen LogP contribution in [0.3, 0.4) is 0 Å². The van der Waals surface area contributed by atoms with Crippen molar-refractivity contribution in [3.05, 3.63) is 0 Å². The Labute approximate surface area is 314 Å². The Bertz CT molecular complexity index is 609. The quantitative estimate of drug-likeness (QED) is 0.0390. The highest BCUT2D eigenvalue weighted by atomic mass is 16.5. The summed E-state index contributed by atoms with van der Waals surface area (Å²) in [5.41, 5.74) is 0. The number of carbonyl (C=O) groups is 2. The summed E-state index contributed by atoms with van der Waals surface area (Å²) in [5.74, 6) is 1.79. The zero-order chi connectivity index (χ0) is 37.0. The van der Waals surface area contributed by atoms with Gasteiger partial charge in [0.25, 0.3) is 0 Å². The van der Waals surface area contributed by atoms with Crippen LogP contribution in [0.5, 0.6) is 0 Å². The van der Waals surface area contributed by atoms with Crippen LogP contribution in [0.15, 0.2) is 0 Å². The van der Waals surface area contributed by atoms with Gasteiger partial charge in [-0.1, -0.05) is 169 Å². The molecule has 0 saturated carbocycles. The lowest BCUT2D eigenvalue weighted by Crippen LogP contribution is -2.16. The van der Waals surface area contributed by atoms with Gasteiger partial charge in [0.05, 0.1) is 6.61 Å². The fraction of sp³-hybridized carbons (Fsp3) is 0.956. The van der Waals surface area contributed by atoms with Gasteiger partial charge in [-0.15, -0.1) is 0 Å². The average Bonchev–Trinajstić information content (AvgIpc) is 3.12. The molecule has 0 aromatic heterocycles. The Kier molecular flexibility index (Phi) is 47.2. The maximum Gasteiger partial charge on any atom is 0.305 e. The summed E-state index contributed by atoms with van der Waals surface area (Å²) < 4.78 is 10.6. The number of rotatable bonds is 40. The molecule has 0 radical (unpaired) electrons. The lowest BCUT2D eigenvalue weighted by molar-refractivity contribution is -0.144. The van der Waals surface area contributed by atoms with Crippen LogP contribution < -0.4 is 5.32 Å². The lowest BCUT2D eigenvalue weighted by atomic mass is 9.91. The maximum atomic E-state index is 12.0. The average molecular weight is 710 g/mol. The van der Waals surface area contributed by atoms with Crippen LogP contribution in [0, 0.1) is 11.8 Å². The first kappa shape index (κ1) is 51.2. The highest BCUT2D eigenvalue weighted by Crippen LogP contribution is 2.23. The van der Waals surface area contributed by atoms with Gasteiger partial charge in [0.15, 0.2) is 0 Å². The minimum atomic E-state index is 0.00124. The predicted octanol–water partition coefficient (Wildman–Crippen LogP) is 13.7. The highest BCUT2D eigenvalue weighted by Gasteiger charge is 2.10. The van der Waals surface area contributed by atoms with Crippen LogP contribution in [-0.4, -0.2) is 45.7 Å². The van der Waals surface area contributed by atoms with Crippen LogP contribution >= 0.6 is 0 Å². The summed E-state index contributed by atoms with van der Waals surface area (Å²) in [6.45, 7) is 12.9.